The molecule has 1 aromatic heterocycles. The first-order valence-corrected chi connectivity index (χ1v) is 7.91. The number of carbonyl (C=O) groups is 1. The van der Waals surface area contributed by atoms with Gasteiger partial charge in [0.05, 0.1) is 11.7 Å². The maximum absolute atomic E-state index is 12.3. The van der Waals surface area contributed by atoms with E-state index < -0.39 is 0 Å². The summed E-state index contributed by atoms with van der Waals surface area (Å²) in [5.74, 6) is 0.557. The van der Waals surface area contributed by atoms with E-state index in [1.54, 1.807) is 6.20 Å². The molecule has 3 rings (SSSR count). The Balaban J connectivity index is 1.61. The minimum absolute atomic E-state index is 0.0533. The quantitative estimate of drug-likeness (QED) is 0.915. The molecule has 2 aromatic rings. The standard InChI is InChI=1S/C17H17BrN2O/c1-11(16-7-2-3-8-19-16)20-17(21)15-10-14(15)12-5-4-6-13(18)9-12/h2-9,11,14-15H,10H2,1H3,(H,20,21)/t11-,14-,15+/m0/s1. The van der Waals surface area contributed by atoms with Crippen LogP contribution in [0.3, 0.4) is 0 Å². The molecule has 1 saturated carbocycles. The summed E-state index contributed by atoms with van der Waals surface area (Å²) in [5, 5.41) is 3.06. The van der Waals surface area contributed by atoms with Gasteiger partial charge in [-0.3, -0.25) is 9.78 Å². The SMILES string of the molecule is C[C@H](NC(=O)[C@@H]1C[C@H]1c1cccc(Br)c1)c1ccccn1. The van der Waals surface area contributed by atoms with Crippen LogP contribution in [-0.2, 0) is 4.79 Å². The summed E-state index contributed by atoms with van der Waals surface area (Å²) in [7, 11) is 0. The van der Waals surface area contributed by atoms with Crippen molar-refractivity contribution in [1.82, 2.24) is 10.3 Å². The molecule has 1 aliphatic carbocycles. The second kappa shape index (κ2) is 5.98. The molecule has 3 atom stereocenters. The largest absolute Gasteiger partial charge is 0.348 e. The summed E-state index contributed by atoms with van der Waals surface area (Å²) >= 11 is 3.48. The fraction of sp³-hybridized carbons (Fsp3) is 0.294. The van der Waals surface area contributed by atoms with Crippen molar-refractivity contribution >= 4 is 21.8 Å². The lowest BCUT2D eigenvalue weighted by Crippen LogP contribution is -2.28. The van der Waals surface area contributed by atoms with Gasteiger partial charge in [-0.1, -0.05) is 34.1 Å². The third kappa shape index (κ3) is 3.32. The van der Waals surface area contributed by atoms with Gasteiger partial charge in [0.1, 0.15) is 0 Å². The van der Waals surface area contributed by atoms with Crippen LogP contribution in [0, 0.1) is 5.92 Å². The van der Waals surface area contributed by atoms with Crippen LogP contribution in [0.1, 0.15) is 36.6 Å². The van der Waals surface area contributed by atoms with Crippen LogP contribution in [0.5, 0.6) is 0 Å². The Bertz CT molecular complexity index is 644. The number of amides is 1. The molecule has 1 fully saturated rings. The van der Waals surface area contributed by atoms with Crippen LogP contribution in [0.2, 0.25) is 0 Å². The van der Waals surface area contributed by atoms with Crippen molar-refractivity contribution in [1.29, 1.82) is 0 Å². The topological polar surface area (TPSA) is 42.0 Å². The van der Waals surface area contributed by atoms with E-state index in [-0.39, 0.29) is 17.9 Å². The second-order valence-corrected chi connectivity index (χ2v) is 6.40. The normalized spacial score (nSPS) is 21.6. The predicted octanol–water partition coefficient (Wildman–Crippen LogP) is 3.83. The number of carbonyl (C=O) groups excluding carboxylic acids is 1. The lowest BCUT2D eigenvalue weighted by Gasteiger charge is -2.13. The summed E-state index contributed by atoms with van der Waals surface area (Å²) in [5.41, 5.74) is 2.13. The van der Waals surface area contributed by atoms with Crippen LogP contribution in [-0.4, -0.2) is 10.9 Å². The van der Waals surface area contributed by atoms with Gasteiger partial charge in [-0.25, -0.2) is 0 Å². The average molecular weight is 345 g/mol. The molecule has 0 unspecified atom stereocenters. The summed E-state index contributed by atoms with van der Waals surface area (Å²) in [6, 6.07) is 13.9. The molecule has 0 spiro atoms. The number of pyridine rings is 1. The fourth-order valence-electron chi connectivity index (χ4n) is 2.62. The predicted molar refractivity (Wildman–Crippen MR) is 85.8 cm³/mol. The summed E-state index contributed by atoms with van der Waals surface area (Å²) in [6.45, 7) is 1.97. The molecule has 0 saturated heterocycles. The van der Waals surface area contributed by atoms with Crippen molar-refractivity contribution in [2.75, 3.05) is 0 Å². The van der Waals surface area contributed by atoms with E-state index in [0.29, 0.717) is 5.92 Å². The van der Waals surface area contributed by atoms with Crippen LogP contribution < -0.4 is 5.32 Å². The van der Waals surface area contributed by atoms with Crippen molar-refractivity contribution in [2.24, 2.45) is 5.92 Å². The van der Waals surface area contributed by atoms with Gasteiger partial charge in [-0.05, 0) is 49.1 Å². The van der Waals surface area contributed by atoms with Crippen molar-refractivity contribution in [3.63, 3.8) is 0 Å². The number of rotatable bonds is 4. The first-order chi connectivity index (χ1) is 10.1. The van der Waals surface area contributed by atoms with Gasteiger partial charge in [0, 0.05) is 16.6 Å². The minimum atomic E-state index is -0.0533. The van der Waals surface area contributed by atoms with Gasteiger partial charge in [-0.2, -0.15) is 0 Å². The molecule has 1 amide bonds. The molecule has 1 aliphatic rings. The van der Waals surface area contributed by atoms with Gasteiger partial charge in [0.2, 0.25) is 5.91 Å². The number of aromatic nitrogens is 1. The van der Waals surface area contributed by atoms with Crippen molar-refractivity contribution in [3.05, 3.63) is 64.4 Å². The zero-order valence-electron chi connectivity index (χ0n) is 11.8. The number of halogens is 1. The Morgan fingerprint density at radius 2 is 2.19 bits per heavy atom. The molecule has 1 N–H and O–H groups in total. The molecule has 21 heavy (non-hydrogen) atoms. The molecular formula is C17H17BrN2O. The highest BCUT2D eigenvalue weighted by Gasteiger charge is 2.44. The molecule has 0 bridgehead atoms. The van der Waals surface area contributed by atoms with Crippen LogP contribution in [0.4, 0.5) is 0 Å². The fourth-order valence-corrected chi connectivity index (χ4v) is 3.03. The van der Waals surface area contributed by atoms with E-state index in [2.05, 4.69) is 38.4 Å². The smallest absolute Gasteiger partial charge is 0.224 e. The lowest BCUT2D eigenvalue weighted by atomic mass is 10.1. The molecule has 0 radical (unpaired) electrons. The maximum Gasteiger partial charge on any atom is 0.224 e. The van der Waals surface area contributed by atoms with Crippen LogP contribution in [0.15, 0.2) is 53.1 Å². The summed E-state index contributed by atoms with van der Waals surface area (Å²) in [6.07, 6.45) is 2.68. The highest BCUT2D eigenvalue weighted by Crippen LogP contribution is 2.48. The Morgan fingerprint density at radius 3 is 2.90 bits per heavy atom. The van der Waals surface area contributed by atoms with Crippen LogP contribution in [0.25, 0.3) is 0 Å². The number of nitrogens with one attached hydrogen (secondary N) is 1. The lowest BCUT2D eigenvalue weighted by molar-refractivity contribution is -0.123. The average Bonchev–Trinajstić information content (AvgIpc) is 3.29. The van der Waals surface area contributed by atoms with Crippen molar-refractivity contribution < 1.29 is 4.79 Å². The third-order valence-electron chi connectivity index (χ3n) is 3.89. The molecule has 4 heteroatoms. The number of nitrogens with zero attached hydrogens (tertiary/aromatic N) is 1. The Hall–Kier alpha value is -1.68. The first kappa shape index (κ1) is 14.3. The van der Waals surface area contributed by atoms with Gasteiger partial charge >= 0.3 is 0 Å². The van der Waals surface area contributed by atoms with Gasteiger partial charge in [-0.15, -0.1) is 0 Å². The van der Waals surface area contributed by atoms with Crippen LogP contribution >= 0.6 is 15.9 Å². The first-order valence-electron chi connectivity index (χ1n) is 7.12. The van der Waals surface area contributed by atoms with E-state index in [1.807, 2.05) is 37.3 Å². The van der Waals surface area contributed by atoms with Gasteiger partial charge in [0.15, 0.2) is 0 Å². The van der Waals surface area contributed by atoms with E-state index in [9.17, 15) is 4.79 Å². The number of benzene rings is 1. The van der Waals surface area contributed by atoms with Crippen molar-refractivity contribution in [2.45, 2.75) is 25.3 Å². The molecule has 108 valence electrons. The van der Waals surface area contributed by atoms with Gasteiger partial charge < -0.3 is 5.32 Å². The summed E-state index contributed by atoms with van der Waals surface area (Å²) < 4.78 is 1.06. The Labute approximate surface area is 132 Å². The van der Waals surface area contributed by atoms with Gasteiger partial charge in [0.25, 0.3) is 0 Å². The zero-order chi connectivity index (χ0) is 14.8. The van der Waals surface area contributed by atoms with Crippen molar-refractivity contribution in [3.8, 4) is 0 Å². The third-order valence-corrected chi connectivity index (χ3v) is 4.39. The monoisotopic (exact) mass is 344 g/mol. The Kier molecular flexibility index (Phi) is 4.06. The molecular weight excluding hydrogens is 328 g/mol. The number of hydrogen-bond donors (Lipinski definition) is 1. The molecule has 0 aliphatic heterocycles. The summed E-state index contributed by atoms with van der Waals surface area (Å²) in [4.78, 5) is 16.6. The highest BCUT2D eigenvalue weighted by molar-refractivity contribution is 9.10. The van der Waals surface area contributed by atoms with E-state index in [1.165, 1.54) is 5.56 Å². The Morgan fingerprint density at radius 1 is 1.33 bits per heavy atom. The highest BCUT2D eigenvalue weighted by atomic mass is 79.9. The molecule has 3 nitrogen and oxygen atoms in total. The number of hydrogen-bond acceptors (Lipinski definition) is 2. The van der Waals surface area contributed by atoms with E-state index in [0.717, 1.165) is 16.6 Å². The second-order valence-electron chi connectivity index (χ2n) is 5.49. The van der Waals surface area contributed by atoms with E-state index in [4.69, 9.17) is 0 Å². The maximum atomic E-state index is 12.3. The molecule has 1 aromatic carbocycles. The molecule has 1 heterocycles. The van der Waals surface area contributed by atoms with E-state index >= 15 is 0 Å². The minimum Gasteiger partial charge on any atom is -0.348 e. The zero-order valence-corrected chi connectivity index (χ0v) is 13.4.